The van der Waals surface area contributed by atoms with Crippen LogP contribution in [0.15, 0.2) is 75.9 Å². The third-order valence-corrected chi connectivity index (χ3v) is 5.82. The van der Waals surface area contributed by atoms with Crippen LogP contribution in [0, 0.1) is 6.92 Å². The number of hydrogen-bond acceptors (Lipinski definition) is 5. The number of nitrogens with zero attached hydrogens (tertiary/aromatic N) is 2. The molecule has 3 aromatic carbocycles. The lowest BCUT2D eigenvalue weighted by Gasteiger charge is -2.31. The van der Waals surface area contributed by atoms with Crippen LogP contribution in [0.1, 0.15) is 11.3 Å². The average molecular weight is 412 g/mol. The van der Waals surface area contributed by atoms with Crippen molar-refractivity contribution in [1.29, 1.82) is 0 Å². The van der Waals surface area contributed by atoms with Gasteiger partial charge in [0.1, 0.15) is 17.1 Å². The van der Waals surface area contributed by atoms with Crippen LogP contribution in [0.4, 0.5) is 11.4 Å². The van der Waals surface area contributed by atoms with E-state index in [1.54, 1.807) is 0 Å². The summed E-state index contributed by atoms with van der Waals surface area (Å²) in [6.07, 6.45) is 0. The molecule has 0 saturated carbocycles. The lowest BCUT2D eigenvalue weighted by Crippen LogP contribution is -2.32. The summed E-state index contributed by atoms with van der Waals surface area (Å²) in [5, 5.41) is 0.580. The van der Waals surface area contributed by atoms with E-state index < -0.39 is 0 Å². The Balaban J connectivity index is 1.59. The summed E-state index contributed by atoms with van der Waals surface area (Å²) in [6, 6.07) is 21.7. The number of anilines is 2. The van der Waals surface area contributed by atoms with Gasteiger partial charge < -0.3 is 19.0 Å². The van der Waals surface area contributed by atoms with Crippen LogP contribution >= 0.6 is 0 Å². The molecule has 31 heavy (non-hydrogen) atoms. The van der Waals surface area contributed by atoms with E-state index in [9.17, 15) is 4.79 Å². The van der Waals surface area contributed by atoms with E-state index in [0.29, 0.717) is 35.6 Å². The number of fused-ring (bicyclic) bond motifs is 3. The maximum absolute atomic E-state index is 13.4. The molecule has 4 aromatic rings. The molecule has 0 N–H and O–H groups in total. The van der Waals surface area contributed by atoms with Gasteiger partial charge in [0.05, 0.1) is 23.1 Å². The van der Waals surface area contributed by atoms with Crippen molar-refractivity contribution in [3.8, 4) is 16.9 Å². The smallest absolute Gasteiger partial charge is 0.200 e. The first kappa shape index (κ1) is 19.2. The van der Waals surface area contributed by atoms with Gasteiger partial charge in [0.2, 0.25) is 5.43 Å². The molecule has 0 radical (unpaired) electrons. The second kappa shape index (κ2) is 7.51. The van der Waals surface area contributed by atoms with Gasteiger partial charge in [0.15, 0.2) is 6.73 Å². The second-order valence-corrected chi connectivity index (χ2v) is 8.03. The van der Waals surface area contributed by atoms with Crippen molar-refractivity contribution in [1.82, 2.24) is 0 Å². The molecule has 5 heteroatoms. The maximum atomic E-state index is 13.4. The van der Waals surface area contributed by atoms with Crippen LogP contribution in [0.25, 0.3) is 22.1 Å². The van der Waals surface area contributed by atoms with Crippen LogP contribution in [0.3, 0.4) is 0 Å². The highest BCUT2D eigenvalue weighted by Gasteiger charge is 2.24. The largest absolute Gasteiger partial charge is 0.473 e. The minimum Gasteiger partial charge on any atom is -0.473 e. The number of rotatable bonds is 3. The summed E-state index contributed by atoms with van der Waals surface area (Å²) >= 11 is 0. The molecule has 0 fully saturated rings. The van der Waals surface area contributed by atoms with Gasteiger partial charge in [-0.25, -0.2) is 0 Å². The summed E-state index contributed by atoms with van der Waals surface area (Å²) in [5.41, 5.74) is 5.18. The second-order valence-electron chi connectivity index (χ2n) is 8.03. The normalized spacial score (nSPS) is 13.1. The van der Waals surface area contributed by atoms with Crippen molar-refractivity contribution in [2.45, 2.75) is 13.5 Å². The van der Waals surface area contributed by atoms with Crippen molar-refractivity contribution in [3.05, 3.63) is 88.3 Å². The Hall–Kier alpha value is -3.73. The van der Waals surface area contributed by atoms with E-state index in [4.69, 9.17) is 9.15 Å². The highest BCUT2D eigenvalue weighted by molar-refractivity contribution is 5.87. The van der Waals surface area contributed by atoms with Crippen molar-refractivity contribution in [2.75, 3.05) is 30.6 Å². The predicted molar refractivity (Wildman–Crippen MR) is 125 cm³/mol. The lowest BCUT2D eigenvalue weighted by molar-refractivity contribution is 0.289. The molecule has 0 amide bonds. The van der Waals surface area contributed by atoms with E-state index in [2.05, 4.69) is 34.1 Å². The fourth-order valence-corrected chi connectivity index (χ4v) is 4.14. The summed E-state index contributed by atoms with van der Waals surface area (Å²) in [7, 11) is 4.05. The third kappa shape index (κ3) is 3.32. The molecule has 5 nitrogen and oxygen atoms in total. The summed E-state index contributed by atoms with van der Waals surface area (Å²) < 4.78 is 12.3. The number of ether oxygens (including phenoxy) is 1. The predicted octanol–water partition coefficient (Wildman–Crippen LogP) is 5.19. The standard InChI is InChI=1S/C26H24N2O3/c1-17-24(18-7-5-4-6-8-18)25(29)21-13-14-23-22(26(21)31-17)15-28(16-30-23)20-11-9-19(10-12-20)27(2)3/h4-14H,15-16H2,1-3H3. The number of benzene rings is 3. The number of hydrogen-bond donors (Lipinski definition) is 0. The molecule has 0 unspecified atom stereocenters. The summed E-state index contributed by atoms with van der Waals surface area (Å²) in [6.45, 7) is 2.91. The zero-order valence-electron chi connectivity index (χ0n) is 17.9. The Bertz CT molecular complexity index is 1310. The third-order valence-electron chi connectivity index (χ3n) is 5.82. The first-order chi connectivity index (χ1) is 15.0. The van der Waals surface area contributed by atoms with Gasteiger partial charge in [-0.3, -0.25) is 4.79 Å². The molecule has 1 aromatic heterocycles. The SMILES string of the molecule is Cc1oc2c3c(ccc2c(=O)c1-c1ccccc1)OCN(c1ccc(N(C)C)cc1)C3. The average Bonchev–Trinajstić information content (AvgIpc) is 2.79. The highest BCUT2D eigenvalue weighted by Crippen LogP contribution is 2.35. The van der Waals surface area contributed by atoms with Crippen LogP contribution < -0.4 is 20.0 Å². The molecular weight excluding hydrogens is 388 g/mol. The number of aryl methyl sites for hydroxylation is 1. The summed E-state index contributed by atoms with van der Waals surface area (Å²) in [5.74, 6) is 1.38. The topological polar surface area (TPSA) is 45.9 Å². The zero-order chi connectivity index (χ0) is 21.5. The molecule has 1 aliphatic rings. The molecule has 0 spiro atoms. The lowest BCUT2D eigenvalue weighted by atomic mass is 10.0. The van der Waals surface area contributed by atoms with E-state index in [0.717, 1.165) is 28.3 Å². The van der Waals surface area contributed by atoms with Crippen LogP contribution in [0.5, 0.6) is 5.75 Å². The molecule has 0 bridgehead atoms. The van der Waals surface area contributed by atoms with Gasteiger partial charge in [0.25, 0.3) is 0 Å². The Kier molecular flexibility index (Phi) is 4.66. The molecule has 0 saturated heterocycles. The quantitative estimate of drug-likeness (QED) is 0.463. The zero-order valence-corrected chi connectivity index (χ0v) is 17.9. The Morgan fingerprint density at radius 2 is 1.68 bits per heavy atom. The maximum Gasteiger partial charge on any atom is 0.200 e. The van der Waals surface area contributed by atoms with Crippen LogP contribution in [0.2, 0.25) is 0 Å². The molecule has 5 rings (SSSR count). The van der Waals surface area contributed by atoms with Crippen molar-refractivity contribution in [3.63, 3.8) is 0 Å². The van der Waals surface area contributed by atoms with Gasteiger partial charge in [-0.05, 0) is 48.9 Å². The fourth-order valence-electron chi connectivity index (χ4n) is 4.14. The van der Waals surface area contributed by atoms with Crippen LogP contribution in [-0.2, 0) is 6.54 Å². The van der Waals surface area contributed by atoms with Gasteiger partial charge in [-0.15, -0.1) is 0 Å². The van der Waals surface area contributed by atoms with Gasteiger partial charge in [-0.1, -0.05) is 30.3 Å². The van der Waals surface area contributed by atoms with Crippen LogP contribution in [-0.4, -0.2) is 20.8 Å². The van der Waals surface area contributed by atoms with E-state index in [-0.39, 0.29) is 5.43 Å². The highest BCUT2D eigenvalue weighted by atomic mass is 16.5. The Morgan fingerprint density at radius 3 is 2.39 bits per heavy atom. The molecule has 0 aliphatic carbocycles. The molecule has 1 aliphatic heterocycles. The minimum atomic E-state index is -0.0137. The molecule has 2 heterocycles. The van der Waals surface area contributed by atoms with Gasteiger partial charge >= 0.3 is 0 Å². The molecule has 156 valence electrons. The van der Waals surface area contributed by atoms with Crippen molar-refractivity contribution >= 4 is 22.3 Å². The Labute approximate surface area is 181 Å². The summed E-state index contributed by atoms with van der Waals surface area (Å²) in [4.78, 5) is 17.6. The van der Waals surface area contributed by atoms with E-state index in [1.807, 2.05) is 63.5 Å². The first-order valence-electron chi connectivity index (χ1n) is 10.3. The molecule has 0 atom stereocenters. The van der Waals surface area contributed by atoms with E-state index in [1.165, 1.54) is 0 Å². The fraction of sp³-hybridized carbons (Fsp3) is 0.192. The Morgan fingerprint density at radius 1 is 0.935 bits per heavy atom. The monoisotopic (exact) mass is 412 g/mol. The molecular formula is C26H24N2O3. The minimum absolute atomic E-state index is 0.0137. The van der Waals surface area contributed by atoms with Crippen molar-refractivity contribution < 1.29 is 9.15 Å². The first-order valence-corrected chi connectivity index (χ1v) is 10.3. The van der Waals surface area contributed by atoms with Gasteiger partial charge in [-0.2, -0.15) is 0 Å². The van der Waals surface area contributed by atoms with Gasteiger partial charge in [0, 0.05) is 25.5 Å². The van der Waals surface area contributed by atoms with Crippen molar-refractivity contribution in [2.24, 2.45) is 0 Å². The van der Waals surface area contributed by atoms with E-state index >= 15 is 0 Å².